The fourth-order valence-electron chi connectivity index (χ4n) is 2.45. The lowest BCUT2D eigenvalue weighted by Gasteiger charge is -2.18. The van der Waals surface area contributed by atoms with E-state index in [1.54, 1.807) is 0 Å². The van der Waals surface area contributed by atoms with Crippen LogP contribution in [-0.2, 0) is 0 Å². The molecule has 0 saturated heterocycles. The van der Waals surface area contributed by atoms with Crippen molar-refractivity contribution in [3.05, 3.63) is 102 Å². The Morgan fingerprint density at radius 3 is 1.48 bits per heavy atom. The van der Waals surface area contributed by atoms with E-state index < -0.39 is 9.76 Å². The molecular formula is C19H18OSi. The Kier molecular flexibility index (Phi) is 4.49. The molecule has 0 atom stereocenters. The van der Waals surface area contributed by atoms with Crippen LogP contribution in [0.2, 0.25) is 0 Å². The molecule has 0 aromatic heterocycles. The molecule has 21 heavy (non-hydrogen) atoms. The van der Waals surface area contributed by atoms with Gasteiger partial charge in [0.25, 0.3) is 0 Å². The van der Waals surface area contributed by atoms with Crippen molar-refractivity contribution in [2.45, 2.75) is 5.54 Å². The molecule has 0 spiro atoms. The minimum absolute atomic E-state index is 0.382. The Bertz CT molecular complexity index is 613. The van der Waals surface area contributed by atoms with Gasteiger partial charge in [-0.05, 0) is 23.3 Å². The third kappa shape index (κ3) is 3.61. The predicted molar refractivity (Wildman–Crippen MR) is 90.3 cm³/mol. The summed E-state index contributed by atoms with van der Waals surface area (Å²) < 4.78 is 6.12. The van der Waals surface area contributed by atoms with Crippen molar-refractivity contribution in [3.8, 4) is 5.75 Å². The zero-order chi connectivity index (χ0) is 14.3. The molecular weight excluding hydrogens is 272 g/mol. The summed E-state index contributed by atoms with van der Waals surface area (Å²) in [7, 11) is -0.770. The summed E-state index contributed by atoms with van der Waals surface area (Å²) in [6.45, 7) is 0. The quantitative estimate of drug-likeness (QED) is 0.647. The van der Waals surface area contributed by atoms with Crippen LogP contribution in [0.3, 0.4) is 0 Å². The van der Waals surface area contributed by atoms with Gasteiger partial charge in [0.05, 0.1) is 0 Å². The molecule has 3 aromatic carbocycles. The highest BCUT2D eigenvalue weighted by molar-refractivity contribution is 6.32. The maximum Gasteiger partial charge on any atom is 0.231 e. The molecule has 0 aliphatic rings. The minimum atomic E-state index is -0.770. The molecule has 0 aliphatic carbocycles. The number of rotatable bonds is 5. The van der Waals surface area contributed by atoms with Gasteiger partial charge in [-0.15, -0.1) is 0 Å². The highest BCUT2D eigenvalue weighted by Crippen LogP contribution is 2.24. The van der Waals surface area contributed by atoms with Gasteiger partial charge in [0.1, 0.15) is 5.75 Å². The number of hydrogen-bond donors (Lipinski definition) is 0. The zero-order valence-corrected chi connectivity index (χ0v) is 13.3. The third-order valence-corrected chi connectivity index (χ3v) is 5.34. The van der Waals surface area contributed by atoms with E-state index in [9.17, 15) is 0 Å². The largest absolute Gasteiger partial charge is 0.548 e. The van der Waals surface area contributed by atoms with Crippen LogP contribution in [-0.4, -0.2) is 9.76 Å². The van der Waals surface area contributed by atoms with Crippen molar-refractivity contribution in [2.75, 3.05) is 0 Å². The first-order chi connectivity index (χ1) is 10.4. The normalized spacial score (nSPS) is 11.1. The molecule has 0 saturated carbocycles. The highest BCUT2D eigenvalue weighted by Gasteiger charge is 2.15. The monoisotopic (exact) mass is 290 g/mol. The lowest BCUT2D eigenvalue weighted by atomic mass is 10.0. The van der Waals surface area contributed by atoms with Crippen molar-refractivity contribution in [2.24, 2.45) is 0 Å². The summed E-state index contributed by atoms with van der Waals surface area (Å²) in [6.07, 6.45) is 0. The van der Waals surface area contributed by atoms with Crippen LogP contribution in [0.25, 0.3) is 0 Å². The van der Waals surface area contributed by atoms with E-state index >= 15 is 0 Å². The van der Waals surface area contributed by atoms with Gasteiger partial charge in [-0.1, -0.05) is 78.9 Å². The van der Waals surface area contributed by atoms with Crippen LogP contribution >= 0.6 is 0 Å². The number of benzene rings is 3. The van der Waals surface area contributed by atoms with Gasteiger partial charge in [0, 0.05) is 5.54 Å². The summed E-state index contributed by atoms with van der Waals surface area (Å²) >= 11 is 0. The molecule has 0 aliphatic heterocycles. The van der Waals surface area contributed by atoms with Gasteiger partial charge in [0.2, 0.25) is 9.76 Å². The first-order valence-electron chi connectivity index (χ1n) is 7.21. The SMILES string of the molecule is c1ccc(O[SiH2]C(c2ccccc2)c2ccccc2)cc1. The van der Waals surface area contributed by atoms with Crippen molar-refractivity contribution >= 4 is 9.76 Å². The molecule has 0 heterocycles. The highest BCUT2D eigenvalue weighted by atomic mass is 28.2. The van der Waals surface area contributed by atoms with Gasteiger partial charge in [0.15, 0.2) is 0 Å². The predicted octanol–water partition coefficient (Wildman–Crippen LogP) is 3.94. The maximum absolute atomic E-state index is 6.12. The summed E-state index contributed by atoms with van der Waals surface area (Å²) in [5.74, 6) is 0.973. The second-order valence-electron chi connectivity index (χ2n) is 5.00. The first kappa shape index (κ1) is 13.7. The Hall–Kier alpha value is -2.32. The van der Waals surface area contributed by atoms with E-state index in [1.807, 2.05) is 30.3 Å². The second-order valence-corrected chi connectivity index (χ2v) is 6.44. The van der Waals surface area contributed by atoms with Crippen LogP contribution in [0, 0.1) is 0 Å². The summed E-state index contributed by atoms with van der Waals surface area (Å²) in [5.41, 5.74) is 3.06. The van der Waals surface area contributed by atoms with E-state index in [0.717, 1.165) is 5.75 Å². The first-order valence-corrected chi connectivity index (χ1v) is 8.60. The lowest BCUT2D eigenvalue weighted by molar-refractivity contribution is 0.584. The molecule has 2 heteroatoms. The summed E-state index contributed by atoms with van der Waals surface area (Å²) in [4.78, 5) is 0. The topological polar surface area (TPSA) is 9.23 Å². The van der Waals surface area contributed by atoms with Crippen LogP contribution in [0.1, 0.15) is 16.7 Å². The second kappa shape index (κ2) is 6.91. The molecule has 1 nitrogen and oxygen atoms in total. The van der Waals surface area contributed by atoms with Crippen LogP contribution < -0.4 is 4.43 Å². The molecule has 0 N–H and O–H groups in total. The van der Waals surface area contributed by atoms with Gasteiger partial charge in [-0.2, -0.15) is 0 Å². The molecule has 0 amide bonds. The van der Waals surface area contributed by atoms with Crippen molar-refractivity contribution < 1.29 is 4.43 Å². The minimum Gasteiger partial charge on any atom is -0.548 e. The third-order valence-electron chi connectivity index (χ3n) is 3.56. The summed E-state index contributed by atoms with van der Waals surface area (Å²) in [6, 6.07) is 31.4. The lowest BCUT2D eigenvalue weighted by Crippen LogP contribution is -2.16. The van der Waals surface area contributed by atoms with E-state index in [0.29, 0.717) is 5.54 Å². The Morgan fingerprint density at radius 2 is 1.00 bits per heavy atom. The van der Waals surface area contributed by atoms with E-state index in [4.69, 9.17) is 4.43 Å². The fraction of sp³-hybridized carbons (Fsp3) is 0.0526. The molecule has 3 rings (SSSR count). The van der Waals surface area contributed by atoms with Crippen molar-refractivity contribution in [1.29, 1.82) is 0 Å². The molecule has 3 aromatic rings. The molecule has 0 fully saturated rings. The van der Waals surface area contributed by atoms with Gasteiger partial charge in [-0.3, -0.25) is 0 Å². The molecule has 0 bridgehead atoms. The average Bonchev–Trinajstić information content (AvgIpc) is 2.58. The molecule has 0 unspecified atom stereocenters. The standard InChI is InChI=1S/C19H18OSi/c1-4-10-16(11-5-1)19(17-12-6-2-7-13-17)21-20-18-14-8-3-9-15-18/h1-15,19H,21H2. The van der Waals surface area contributed by atoms with Crippen LogP contribution in [0.5, 0.6) is 5.75 Å². The average molecular weight is 290 g/mol. The Balaban J connectivity index is 1.83. The van der Waals surface area contributed by atoms with Crippen molar-refractivity contribution in [3.63, 3.8) is 0 Å². The van der Waals surface area contributed by atoms with Gasteiger partial charge < -0.3 is 4.43 Å². The molecule has 104 valence electrons. The van der Waals surface area contributed by atoms with Crippen molar-refractivity contribution in [1.82, 2.24) is 0 Å². The summed E-state index contributed by atoms with van der Waals surface area (Å²) in [5, 5.41) is 0. The fourth-order valence-corrected chi connectivity index (χ4v) is 3.93. The van der Waals surface area contributed by atoms with Gasteiger partial charge in [-0.25, -0.2) is 0 Å². The van der Waals surface area contributed by atoms with Crippen LogP contribution in [0.4, 0.5) is 0 Å². The Labute approximate surface area is 128 Å². The maximum atomic E-state index is 6.12. The number of para-hydroxylation sites is 1. The van der Waals surface area contributed by atoms with E-state index in [-0.39, 0.29) is 0 Å². The van der Waals surface area contributed by atoms with Crippen LogP contribution in [0.15, 0.2) is 91.0 Å². The van der Waals surface area contributed by atoms with E-state index in [1.165, 1.54) is 11.1 Å². The number of hydrogen-bond acceptors (Lipinski definition) is 1. The van der Waals surface area contributed by atoms with Gasteiger partial charge >= 0.3 is 0 Å². The smallest absolute Gasteiger partial charge is 0.231 e. The zero-order valence-electron chi connectivity index (χ0n) is 11.9. The molecule has 0 radical (unpaired) electrons. The Morgan fingerprint density at radius 1 is 0.571 bits per heavy atom. The van der Waals surface area contributed by atoms with E-state index in [2.05, 4.69) is 60.7 Å².